The number of non-ortho nitro benzene ring substituents is 1. The number of furan rings is 1. The molecular weight excluding hydrogens is 296 g/mol. The van der Waals surface area contributed by atoms with E-state index in [1.165, 1.54) is 18.4 Å². The predicted octanol–water partition coefficient (Wildman–Crippen LogP) is 3.37. The third kappa shape index (κ3) is 2.61. The van der Waals surface area contributed by atoms with E-state index in [2.05, 4.69) is 4.98 Å². The van der Waals surface area contributed by atoms with Gasteiger partial charge in [0.2, 0.25) is 0 Å². The number of nitro groups is 1. The van der Waals surface area contributed by atoms with E-state index in [-0.39, 0.29) is 17.1 Å². The van der Waals surface area contributed by atoms with Crippen LogP contribution in [0.1, 0.15) is 5.56 Å². The molecule has 0 aliphatic heterocycles. The van der Waals surface area contributed by atoms with Gasteiger partial charge in [0.25, 0.3) is 5.69 Å². The van der Waals surface area contributed by atoms with Crippen molar-refractivity contribution < 1.29 is 9.34 Å². The zero-order chi connectivity index (χ0) is 16.4. The minimum Gasteiger partial charge on any atom is -0.464 e. The first-order valence-corrected chi connectivity index (χ1v) is 6.59. The molecule has 2 N–H and O–H groups in total. The fourth-order valence-electron chi connectivity index (χ4n) is 2.21. The van der Waals surface area contributed by atoms with Crippen molar-refractivity contribution in [1.29, 1.82) is 5.26 Å². The second kappa shape index (κ2) is 5.61. The standard InChI is InChI=1S/C16H10N4O3/c17-9-13-12(15-2-1-7-23-15)8-14(19-16(13)18)10-3-5-11(6-4-10)20(21)22/h1-8H,(H2,18,19). The summed E-state index contributed by atoms with van der Waals surface area (Å²) in [6.07, 6.45) is 1.50. The van der Waals surface area contributed by atoms with E-state index < -0.39 is 4.92 Å². The summed E-state index contributed by atoms with van der Waals surface area (Å²) in [4.78, 5) is 14.4. The first-order chi connectivity index (χ1) is 11.1. The molecule has 0 bridgehead atoms. The SMILES string of the molecule is N#Cc1c(-c2ccco2)cc(-c2ccc([N+](=O)[O-])cc2)nc1N. The monoisotopic (exact) mass is 306 g/mol. The van der Waals surface area contributed by atoms with Crippen LogP contribution >= 0.6 is 0 Å². The van der Waals surface area contributed by atoms with E-state index in [0.29, 0.717) is 22.6 Å². The average molecular weight is 306 g/mol. The molecule has 3 aromatic rings. The van der Waals surface area contributed by atoms with Gasteiger partial charge >= 0.3 is 0 Å². The Hall–Kier alpha value is -3.66. The van der Waals surface area contributed by atoms with Crippen LogP contribution in [0.2, 0.25) is 0 Å². The van der Waals surface area contributed by atoms with Crippen molar-refractivity contribution in [1.82, 2.24) is 4.98 Å². The molecule has 0 unspecified atom stereocenters. The summed E-state index contributed by atoms with van der Waals surface area (Å²) in [5.41, 5.74) is 7.77. The molecule has 23 heavy (non-hydrogen) atoms. The summed E-state index contributed by atoms with van der Waals surface area (Å²) in [6, 6.07) is 13.1. The number of pyridine rings is 1. The highest BCUT2D eigenvalue weighted by molar-refractivity contribution is 5.78. The molecule has 1 aromatic carbocycles. The Kier molecular flexibility index (Phi) is 3.49. The van der Waals surface area contributed by atoms with Gasteiger partial charge in [0.1, 0.15) is 23.2 Å². The van der Waals surface area contributed by atoms with Crippen molar-refractivity contribution in [3.63, 3.8) is 0 Å². The molecule has 2 aromatic heterocycles. The third-order valence-corrected chi connectivity index (χ3v) is 3.32. The Morgan fingerprint density at radius 1 is 1.26 bits per heavy atom. The number of aromatic nitrogens is 1. The first-order valence-electron chi connectivity index (χ1n) is 6.59. The summed E-state index contributed by atoms with van der Waals surface area (Å²) < 4.78 is 5.33. The summed E-state index contributed by atoms with van der Waals surface area (Å²) in [7, 11) is 0. The first kappa shape index (κ1) is 14.3. The van der Waals surface area contributed by atoms with Crippen LogP contribution in [0.4, 0.5) is 11.5 Å². The maximum Gasteiger partial charge on any atom is 0.269 e. The molecule has 0 atom stereocenters. The lowest BCUT2D eigenvalue weighted by molar-refractivity contribution is -0.384. The minimum atomic E-state index is -0.474. The number of nitro benzene ring substituents is 1. The topological polar surface area (TPSA) is 119 Å². The number of nitrogens with zero attached hydrogens (tertiary/aromatic N) is 3. The zero-order valence-electron chi connectivity index (χ0n) is 11.8. The lowest BCUT2D eigenvalue weighted by atomic mass is 10.0. The molecule has 0 aliphatic rings. The number of nitriles is 1. The quantitative estimate of drug-likeness (QED) is 0.585. The number of nitrogen functional groups attached to an aromatic ring is 1. The number of benzene rings is 1. The molecule has 2 heterocycles. The van der Waals surface area contributed by atoms with Crippen LogP contribution in [0, 0.1) is 21.4 Å². The van der Waals surface area contributed by atoms with Gasteiger partial charge in [0.05, 0.1) is 16.9 Å². The Balaban J connectivity index is 2.14. The van der Waals surface area contributed by atoms with E-state index in [0.717, 1.165) is 0 Å². The maximum atomic E-state index is 10.7. The van der Waals surface area contributed by atoms with Gasteiger partial charge in [-0.05, 0) is 30.3 Å². The van der Waals surface area contributed by atoms with Crippen molar-refractivity contribution in [3.05, 3.63) is 64.4 Å². The molecule has 7 heteroatoms. The Bertz CT molecular complexity index is 910. The maximum absolute atomic E-state index is 10.7. The highest BCUT2D eigenvalue weighted by atomic mass is 16.6. The van der Waals surface area contributed by atoms with Gasteiger partial charge in [-0.3, -0.25) is 10.1 Å². The van der Waals surface area contributed by atoms with Crippen LogP contribution in [0.3, 0.4) is 0 Å². The van der Waals surface area contributed by atoms with Crippen molar-refractivity contribution in [2.45, 2.75) is 0 Å². The van der Waals surface area contributed by atoms with Crippen LogP contribution in [0.15, 0.2) is 53.1 Å². The summed E-state index contributed by atoms with van der Waals surface area (Å²) in [5.74, 6) is 0.577. The van der Waals surface area contributed by atoms with Crippen molar-refractivity contribution in [3.8, 4) is 28.7 Å². The number of anilines is 1. The Morgan fingerprint density at radius 3 is 2.57 bits per heavy atom. The smallest absolute Gasteiger partial charge is 0.269 e. The molecule has 0 fully saturated rings. The normalized spacial score (nSPS) is 10.2. The number of hydrogen-bond donors (Lipinski definition) is 1. The number of rotatable bonds is 3. The van der Waals surface area contributed by atoms with Gasteiger partial charge in [-0.25, -0.2) is 4.98 Å². The van der Waals surface area contributed by atoms with Crippen molar-refractivity contribution in [2.24, 2.45) is 0 Å². The van der Waals surface area contributed by atoms with E-state index in [1.54, 1.807) is 30.3 Å². The number of hydrogen-bond acceptors (Lipinski definition) is 6. The fraction of sp³-hybridized carbons (Fsp3) is 0. The lowest BCUT2D eigenvalue weighted by Gasteiger charge is -2.08. The van der Waals surface area contributed by atoms with Crippen molar-refractivity contribution in [2.75, 3.05) is 5.73 Å². The van der Waals surface area contributed by atoms with Gasteiger partial charge in [0, 0.05) is 23.3 Å². The molecule has 7 nitrogen and oxygen atoms in total. The van der Waals surface area contributed by atoms with Crippen LogP contribution < -0.4 is 5.73 Å². The molecule has 0 spiro atoms. The summed E-state index contributed by atoms with van der Waals surface area (Å²) in [6.45, 7) is 0. The molecule has 0 amide bonds. The van der Waals surface area contributed by atoms with E-state index in [9.17, 15) is 15.4 Å². The van der Waals surface area contributed by atoms with Gasteiger partial charge in [-0.15, -0.1) is 0 Å². The van der Waals surface area contributed by atoms with Crippen LogP contribution in [-0.4, -0.2) is 9.91 Å². The van der Waals surface area contributed by atoms with Gasteiger partial charge in [0.15, 0.2) is 0 Å². The van der Waals surface area contributed by atoms with Crippen LogP contribution in [0.5, 0.6) is 0 Å². The van der Waals surface area contributed by atoms with Crippen LogP contribution in [-0.2, 0) is 0 Å². The lowest BCUT2D eigenvalue weighted by Crippen LogP contribution is -1.99. The van der Waals surface area contributed by atoms with Crippen molar-refractivity contribution >= 4 is 11.5 Å². The molecule has 3 rings (SSSR count). The summed E-state index contributed by atoms with van der Waals surface area (Å²) in [5, 5.41) is 20.0. The Morgan fingerprint density at radius 2 is 2.00 bits per heavy atom. The van der Waals surface area contributed by atoms with Crippen LogP contribution in [0.25, 0.3) is 22.6 Å². The zero-order valence-corrected chi connectivity index (χ0v) is 11.8. The van der Waals surface area contributed by atoms with Gasteiger partial charge in [-0.1, -0.05) is 0 Å². The largest absolute Gasteiger partial charge is 0.464 e. The second-order valence-corrected chi connectivity index (χ2v) is 4.71. The second-order valence-electron chi connectivity index (χ2n) is 4.71. The highest BCUT2D eigenvalue weighted by Crippen LogP contribution is 2.31. The minimum absolute atomic E-state index is 0.0124. The third-order valence-electron chi connectivity index (χ3n) is 3.32. The Labute approximate surface area is 130 Å². The molecule has 0 saturated carbocycles. The molecule has 0 aliphatic carbocycles. The fourth-order valence-corrected chi connectivity index (χ4v) is 2.21. The molecule has 112 valence electrons. The van der Waals surface area contributed by atoms with Gasteiger partial charge in [-0.2, -0.15) is 5.26 Å². The predicted molar refractivity (Wildman–Crippen MR) is 83.2 cm³/mol. The van der Waals surface area contributed by atoms with E-state index in [4.69, 9.17) is 10.2 Å². The molecule has 0 radical (unpaired) electrons. The molecular formula is C16H10N4O3. The number of nitrogens with two attached hydrogens (primary N) is 1. The van der Waals surface area contributed by atoms with E-state index >= 15 is 0 Å². The molecule has 0 saturated heterocycles. The average Bonchev–Trinajstić information content (AvgIpc) is 3.08. The van der Waals surface area contributed by atoms with Gasteiger partial charge < -0.3 is 10.2 Å². The highest BCUT2D eigenvalue weighted by Gasteiger charge is 2.15. The van der Waals surface area contributed by atoms with E-state index in [1.807, 2.05) is 6.07 Å². The summed E-state index contributed by atoms with van der Waals surface area (Å²) >= 11 is 0.